The van der Waals surface area contributed by atoms with Gasteiger partial charge in [0, 0.05) is 65.0 Å². The quantitative estimate of drug-likeness (QED) is 0.363. The van der Waals surface area contributed by atoms with Crippen molar-refractivity contribution in [3.05, 3.63) is 22.4 Å². The highest BCUT2D eigenvalue weighted by Gasteiger charge is 2.28. The SMILES string of the molecule is CN=C(NCC(c1cccs1)N1CCOC(C)C1)N1CCC(OCCCOC)CC1. The van der Waals surface area contributed by atoms with E-state index < -0.39 is 0 Å². The molecule has 0 bridgehead atoms. The maximum Gasteiger partial charge on any atom is 0.193 e. The summed E-state index contributed by atoms with van der Waals surface area (Å²) >= 11 is 1.83. The maximum absolute atomic E-state index is 6.00. The average Bonchev–Trinajstić information content (AvgIpc) is 3.29. The molecule has 2 aliphatic heterocycles. The third-order valence-corrected chi connectivity index (χ3v) is 6.81. The molecule has 0 radical (unpaired) electrons. The van der Waals surface area contributed by atoms with E-state index >= 15 is 0 Å². The zero-order valence-electron chi connectivity index (χ0n) is 18.7. The van der Waals surface area contributed by atoms with Crippen LogP contribution in [0.4, 0.5) is 0 Å². The first-order valence-corrected chi connectivity index (χ1v) is 12.0. The third-order valence-electron chi connectivity index (χ3n) is 5.84. The molecule has 2 saturated heterocycles. The van der Waals surface area contributed by atoms with E-state index in [1.54, 1.807) is 7.11 Å². The van der Waals surface area contributed by atoms with Crippen LogP contribution in [-0.4, -0.2) is 94.7 Å². The van der Waals surface area contributed by atoms with Crippen LogP contribution in [-0.2, 0) is 14.2 Å². The van der Waals surface area contributed by atoms with Crippen LogP contribution in [0.3, 0.4) is 0 Å². The number of guanidine groups is 1. The Hall–Kier alpha value is -1.19. The van der Waals surface area contributed by atoms with Gasteiger partial charge in [-0.15, -0.1) is 11.3 Å². The van der Waals surface area contributed by atoms with E-state index in [1.165, 1.54) is 4.88 Å². The van der Waals surface area contributed by atoms with E-state index in [1.807, 2.05) is 18.4 Å². The van der Waals surface area contributed by atoms with Crippen LogP contribution < -0.4 is 5.32 Å². The minimum atomic E-state index is 0.281. The Morgan fingerprint density at radius 3 is 2.83 bits per heavy atom. The lowest BCUT2D eigenvalue weighted by atomic mass is 10.1. The van der Waals surface area contributed by atoms with Gasteiger partial charge in [0.25, 0.3) is 0 Å². The number of rotatable bonds is 9. The van der Waals surface area contributed by atoms with E-state index in [-0.39, 0.29) is 6.10 Å². The highest BCUT2D eigenvalue weighted by molar-refractivity contribution is 7.10. The van der Waals surface area contributed by atoms with Gasteiger partial charge in [0.2, 0.25) is 0 Å². The number of piperidine rings is 1. The van der Waals surface area contributed by atoms with Crippen LogP contribution in [0.5, 0.6) is 0 Å². The van der Waals surface area contributed by atoms with Gasteiger partial charge in [0.15, 0.2) is 5.96 Å². The number of nitrogens with zero attached hydrogens (tertiary/aromatic N) is 3. The molecule has 170 valence electrons. The zero-order valence-corrected chi connectivity index (χ0v) is 19.5. The Morgan fingerprint density at radius 2 is 2.17 bits per heavy atom. The summed E-state index contributed by atoms with van der Waals surface area (Å²) in [4.78, 5) is 10.9. The van der Waals surface area contributed by atoms with Crippen molar-refractivity contribution in [2.45, 2.75) is 44.4 Å². The molecule has 0 saturated carbocycles. The van der Waals surface area contributed by atoms with Gasteiger partial charge in [0.05, 0.1) is 24.9 Å². The molecule has 2 unspecified atom stereocenters. The molecule has 2 aliphatic rings. The van der Waals surface area contributed by atoms with Crippen molar-refractivity contribution < 1.29 is 14.2 Å². The number of likely N-dealkylation sites (tertiary alicyclic amines) is 1. The second-order valence-electron chi connectivity index (χ2n) is 8.04. The number of methoxy groups -OCH3 is 1. The molecule has 2 atom stereocenters. The van der Waals surface area contributed by atoms with Gasteiger partial charge < -0.3 is 24.4 Å². The lowest BCUT2D eigenvalue weighted by Crippen LogP contribution is -2.50. The van der Waals surface area contributed by atoms with Gasteiger partial charge in [-0.1, -0.05) is 6.07 Å². The Kier molecular flexibility index (Phi) is 9.87. The number of nitrogens with one attached hydrogen (secondary N) is 1. The van der Waals surface area contributed by atoms with Crippen LogP contribution in [0.25, 0.3) is 0 Å². The molecule has 0 amide bonds. The number of morpholine rings is 1. The molecule has 8 heteroatoms. The zero-order chi connectivity index (χ0) is 21.2. The van der Waals surface area contributed by atoms with Gasteiger partial charge in [-0.25, -0.2) is 0 Å². The predicted molar refractivity (Wildman–Crippen MR) is 122 cm³/mol. The fraction of sp³-hybridized carbons (Fsp3) is 0.773. The normalized spacial score (nSPS) is 23.0. The number of thiophene rings is 1. The minimum Gasteiger partial charge on any atom is -0.385 e. The summed E-state index contributed by atoms with van der Waals surface area (Å²) in [5.41, 5.74) is 0. The summed E-state index contributed by atoms with van der Waals surface area (Å²) < 4.78 is 16.9. The average molecular weight is 439 g/mol. The molecular weight excluding hydrogens is 400 g/mol. The number of hydrogen-bond acceptors (Lipinski definition) is 6. The standard InChI is InChI=1S/C22H38N4O3S/c1-18-17-26(11-14-28-18)20(21-6-4-15-30-21)16-24-22(23-2)25-9-7-19(8-10-25)29-13-5-12-27-3/h4,6,15,18-20H,5,7-14,16-17H2,1-3H3,(H,23,24). The fourth-order valence-electron chi connectivity index (χ4n) is 4.23. The molecule has 30 heavy (non-hydrogen) atoms. The van der Waals surface area contributed by atoms with E-state index in [0.717, 1.165) is 77.8 Å². The topological polar surface area (TPSA) is 58.6 Å². The Morgan fingerprint density at radius 1 is 1.33 bits per heavy atom. The van der Waals surface area contributed by atoms with Crippen LogP contribution >= 0.6 is 11.3 Å². The van der Waals surface area contributed by atoms with Gasteiger partial charge in [-0.2, -0.15) is 0 Å². The van der Waals surface area contributed by atoms with E-state index in [4.69, 9.17) is 14.2 Å². The van der Waals surface area contributed by atoms with Crippen molar-refractivity contribution in [1.29, 1.82) is 0 Å². The van der Waals surface area contributed by atoms with Gasteiger partial charge >= 0.3 is 0 Å². The lowest BCUT2D eigenvalue weighted by Gasteiger charge is -2.38. The van der Waals surface area contributed by atoms with Crippen molar-refractivity contribution in [3.8, 4) is 0 Å². The van der Waals surface area contributed by atoms with Gasteiger partial charge in [-0.05, 0) is 37.6 Å². The minimum absolute atomic E-state index is 0.281. The van der Waals surface area contributed by atoms with Crippen LogP contribution in [0, 0.1) is 0 Å². The second kappa shape index (κ2) is 12.6. The summed E-state index contributed by atoms with van der Waals surface area (Å²) in [6.07, 6.45) is 3.68. The van der Waals surface area contributed by atoms with Gasteiger partial charge in [-0.3, -0.25) is 9.89 Å². The molecule has 2 fully saturated rings. The highest BCUT2D eigenvalue weighted by Crippen LogP contribution is 2.26. The van der Waals surface area contributed by atoms with Crippen molar-refractivity contribution in [2.75, 3.05) is 66.7 Å². The Bertz CT molecular complexity index is 620. The Balaban J connectivity index is 1.50. The van der Waals surface area contributed by atoms with Crippen molar-refractivity contribution in [3.63, 3.8) is 0 Å². The fourth-order valence-corrected chi connectivity index (χ4v) is 5.09. The van der Waals surface area contributed by atoms with E-state index in [0.29, 0.717) is 12.1 Å². The molecular formula is C22H38N4O3S. The first-order valence-electron chi connectivity index (χ1n) is 11.2. The maximum atomic E-state index is 6.00. The molecule has 0 aromatic carbocycles. The molecule has 7 nitrogen and oxygen atoms in total. The summed E-state index contributed by atoms with van der Waals surface area (Å²) in [7, 11) is 3.62. The summed E-state index contributed by atoms with van der Waals surface area (Å²) in [6.45, 7) is 9.26. The molecule has 1 N–H and O–H groups in total. The molecule has 3 rings (SSSR count). The van der Waals surface area contributed by atoms with Crippen molar-refractivity contribution >= 4 is 17.3 Å². The van der Waals surface area contributed by atoms with Crippen molar-refractivity contribution in [1.82, 2.24) is 15.1 Å². The van der Waals surface area contributed by atoms with Crippen molar-refractivity contribution in [2.24, 2.45) is 4.99 Å². The highest BCUT2D eigenvalue weighted by atomic mass is 32.1. The number of ether oxygens (including phenoxy) is 3. The monoisotopic (exact) mass is 438 g/mol. The molecule has 0 spiro atoms. The second-order valence-corrected chi connectivity index (χ2v) is 9.02. The van der Waals surface area contributed by atoms with Crippen LogP contribution in [0.2, 0.25) is 0 Å². The smallest absolute Gasteiger partial charge is 0.193 e. The van der Waals surface area contributed by atoms with E-state index in [2.05, 4.69) is 44.5 Å². The summed E-state index contributed by atoms with van der Waals surface area (Å²) in [5.74, 6) is 0.996. The number of hydrogen-bond donors (Lipinski definition) is 1. The van der Waals surface area contributed by atoms with Crippen LogP contribution in [0.1, 0.15) is 37.1 Å². The molecule has 1 aromatic rings. The summed E-state index contributed by atoms with van der Waals surface area (Å²) in [5, 5.41) is 5.82. The molecule has 3 heterocycles. The first kappa shape index (κ1) is 23.5. The van der Waals surface area contributed by atoms with Crippen LogP contribution in [0.15, 0.2) is 22.5 Å². The third kappa shape index (κ3) is 6.92. The largest absolute Gasteiger partial charge is 0.385 e. The van der Waals surface area contributed by atoms with Gasteiger partial charge in [0.1, 0.15) is 0 Å². The van der Waals surface area contributed by atoms with E-state index in [9.17, 15) is 0 Å². The summed E-state index contributed by atoms with van der Waals surface area (Å²) in [6, 6.07) is 4.73. The lowest BCUT2D eigenvalue weighted by molar-refractivity contribution is -0.0335. The molecule has 1 aromatic heterocycles. The number of aliphatic imine (C=N–C) groups is 1. The molecule has 0 aliphatic carbocycles. The Labute approximate surface area is 185 Å². The predicted octanol–water partition coefficient (Wildman–Crippen LogP) is 2.60. The first-order chi connectivity index (χ1) is 14.7.